The Morgan fingerprint density at radius 3 is 2.15 bits per heavy atom. The Bertz CT molecular complexity index is 1150. The van der Waals surface area contributed by atoms with E-state index in [9.17, 15) is 16.8 Å². The Morgan fingerprint density at radius 2 is 1.56 bits per heavy atom. The molecule has 0 radical (unpaired) electrons. The first-order valence-electron chi connectivity index (χ1n) is 11.5. The predicted octanol–water partition coefficient (Wildman–Crippen LogP) is 3.43. The van der Waals surface area contributed by atoms with Crippen LogP contribution in [0.1, 0.15) is 37.3 Å². The van der Waals surface area contributed by atoms with E-state index in [1.165, 1.54) is 25.8 Å². The van der Waals surface area contributed by atoms with Crippen LogP contribution in [0.25, 0.3) is 0 Å². The van der Waals surface area contributed by atoms with Crippen molar-refractivity contribution < 1.29 is 26.3 Å². The van der Waals surface area contributed by atoms with E-state index in [2.05, 4.69) is 24.0 Å². The maximum Gasteiger partial charge on any atom is 0.198 e. The minimum Gasteiger partial charge on any atom is -0.493 e. The van der Waals surface area contributed by atoms with Crippen molar-refractivity contribution in [2.75, 3.05) is 39.3 Å². The molecule has 1 atom stereocenters. The summed E-state index contributed by atoms with van der Waals surface area (Å²) in [6, 6.07) is 15.0. The maximum atomic E-state index is 13.5. The third kappa shape index (κ3) is 5.11. The molecule has 0 bridgehead atoms. The van der Waals surface area contributed by atoms with Crippen molar-refractivity contribution in [3.8, 4) is 11.5 Å². The molecule has 1 saturated heterocycles. The van der Waals surface area contributed by atoms with Gasteiger partial charge in [-0.3, -0.25) is 0 Å². The zero-order valence-corrected chi connectivity index (χ0v) is 22.0. The van der Waals surface area contributed by atoms with Gasteiger partial charge < -0.3 is 14.4 Å². The first-order chi connectivity index (χ1) is 16.1. The van der Waals surface area contributed by atoms with E-state index >= 15 is 0 Å². The summed E-state index contributed by atoms with van der Waals surface area (Å²) < 4.78 is 62.5. The fourth-order valence-electron chi connectivity index (χ4n) is 4.74. The van der Waals surface area contributed by atoms with Gasteiger partial charge in [0.15, 0.2) is 35.3 Å². The summed E-state index contributed by atoms with van der Waals surface area (Å²) in [4.78, 5) is 2.15. The van der Waals surface area contributed by atoms with Crippen molar-refractivity contribution in [1.82, 2.24) is 4.90 Å². The highest BCUT2D eigenvalue weighted by atomic mass is 32.3. The molecule has 0 saturated carbocycles. The first kappa shape index (κ1) is 26.5. The molecule has 0 N–H and O–H groups in total. The molecule has 188 valence electrons. The Kier molecular flexibility index (Phi) is 8.31. The molecule has 1 aliphatic rings. The molecule has 0 aromatic heterocycles. The van der Waals surface area contributed by atoms with Gasteiger partial charge in [-0.15, -0.1) is 0 Å². The molecular weight excluding hydrogens is 474 g/mol. The lowest BCUT2D eigenvalue weighted by Gasteiger charge is -2.37. The van der Waals surface area contributed by atoms with Crippen LogP contribution >= 0.6 is 0 Å². The molecule has 1 unspecified atom stereocenters. The Morgan fingerprint density at radius 1 is 0.941 bits per heavy atom. The van der Waals surface area contributed by atoms with Crippen molar-refractivity contribution in [2.24, 2.45) is 0 Å². The highest BCUT2D eigenvalue weighted by Crippen LogP contribution is 2.47. The first-order valence-corrected chi connectivity index (χ1v) is 14.8. The number of sulfone groups is 2. The van der Waals surface area contributed by atoms with E-state index < -0.39 is 23.8 Å². The summed E-state index contributed by atoms with van der Waals surface area (Å²) in [5.41, 5.74) is 1.45. The van der Waals surface area contributed by atoms with Crippen molar-refractivity contribution in [3.63, 3.8) is 0 Å². The van der Waals surface area contributed by atoms with Crippen molar-refractivity contribution in [2.45, 2.75) is 42.7 Å². The van der Waals surface area contributed by atoms with Gasteiger partial charge in [-0.05, 0) is 69.5 Å². The third-order valence-corrected chi connectivity index (χ3v) is 12.9. The highest BCUT2D eigenvalue weighted by molar-refractivity contribution is 8.10. The minimum absolute atomic E-state index is 0.00442. The molecule has 34 heavy (non-hydrogen) atoms. The number of rotatable bonds is 10. The van der Waals surface area contributed by atoms with Crippen LogP contribution in [0, 0.1) is 0 Å². The summed E-state index contributed by atoms with van der Waals surface area (Å²) >= 11 is 0. The van der Waals surface area contributed by atoms with Crippen LogP contribution in [0.15, 0.2) is 48.5 Å². The van der Waals surface area contributed by atoms with Crippen LogP contribution in [-0.4, -0.2) is 67.1 Å². The molecule has 0 amide bonds. The quantitative estimate of drug-likeness (QED) is 0.485. The number of hydrogen-bond donors (Lipinski definition) is 0. The Labute approximate surface area is 203 Å². The van der Waals surface area contributed by atoms with Crippen LogP contribution in [0.5, 0.6) is 11.5 Å². The maximum absolute atomic E-state index is 13.5. The zero-order chi connectivity index (χ0) is 25.0. The summed E-state index contributed by atoms with van der Waals surface area (Å²) in [5.74, 6) is 0.423. The minimum atomic E-state index is -3.96. The van der Waals surface area contributed by atoms with Crippen LogP contribution in [0.2, 0.25) is 0 Å². The number of methoxy groups -OCH3 is 2. The van der Waals surface area contributed by atoms with Crippen LogP contribution in [-0.2, 0) is 30.2 Å². The fraction of sp³-hybridized carbons (Fsp3) is 0.520. The largest absolute Gasteiger partial charge is 0.493 e. The number of nitrogens with zero attached hydrogens (tertiary/aromatic N) is 1. The zero-order valence-electron chi connectivity index (χ0n) is 20.4. The summed E-state index contributed by atoms with van der Waals surface area (Å²) in [5, 5.41) is 0. The molecule has 3 rings (SSSR count). The van der Waals surface area contributed by atoms with Crippen molar-refractivity contribution in [3.05, 3.63) is 59.7 Å². The average molecular weight is 510 g/mol. The van der Waals surface area contributed by atoms with Gasteiger partial charge in [0, 0.05) is 6.04 Å². The SMILES string of the molecule is COc1ccc(C2(CCCN(C)C(C)Cc3ccccc3)S(=O)(=O)CCCS2(=O)=O)cc1OC. The number of hydrogen-bond acceptors (Lipinski definition) is 7. The molecule has 1 heterocycles. The summed E-state index contributed by atoms with van der Waals surface area (Å²) in [6.45, 7) is 2.69. The standard InChI is InChI=1S/C25H35NO6S2/c1-20(18-21-10-6-5-7-11-21)26(2)15-8-14-25(33(27,28)16-9-17-34(25,29)30)22-12-13-23(31-3)24(19-22)32-4/h5-7,10-13,19-20H,8-9,14-18H2,1-4H3. The Balaban J connectivity index is 1.89. The average Bonchev–Trinajstić information content (AvgIpc) is 2.80. The number of likely N-dealkylation sites (N-methyl/N-ethyl adjacent to an activating group) is 1. The van der Waals surface area contributed by atoms with E-state index in [4.69, 9.17) is 9.47 Å². The summed E-state index contributed by atoms with van der Waals surface area (Å²) in [6.07, 6.45) is 1.39. The lowest BCUT2D eigenvalue weighted by Crippen LogP contribution is -2.50. The predicted molar refractivity (Wildman–Crippen MR) is 135 cm³/mol. The smallest absolute Gasteiger partial charge is 0.198 e. The highest BCUT2D eigenvalue weighted by Gasteiger charge is 2.57. The second-order valence-electron chi connectivity index (χ2n) is 8.94. The number of benzene rings is 2. The van der Waals surface area contributed by atoms with Crippen LogP contribution in [0.3, 0.4) is 0 Å². The van der Waals surface area contributed by atoms with Gasteiger partial charge in [-0.25, -0.2) is 16.8 Å². The molecule has 9 heteroatoms. The van der Waals surface area contributed by atoms with Crippen molar-refractivity contribution in [1.29, 1.82) is 0 Å². The lowest BCUT2D eigenvalue weighted by molar-refractivity contribution is 0.249. The van der Waals surface area contributed by atoms with Gasteiger partial charge in [0.1, 0.15) is 0 Å². The van der Waals surface area contributed by atoms with Crippen molar-refractivity contribution >= 4 is 19.7 Å². The van der Waals surface area contributed by atoms with Crippen LogP contribution in [0.4, 0.5) is 0 Å². The molecule has 2 aromatic carbocycles. The normalized spacial score (nSPS) is 19.4. The van der Waals surface area contributed by atoms with Gasteiger partial charge >= 0.3 is 0 Å². The van der Waals surface area contributed by atoms with Gasteiger partial charge in [0.2, 0.25) is 0 Å². The lowest BCUT2D eigenvalue weighted by atomic mass is 10.0. The van der Waals surface area contributed by atoms with E-state index in [0.717, 1.165) is 6.42 Å². The fourth-order valence-corrected chi connectivity index (χ4v) is 10.6. The summed E-state index contributed by atoms with van der Waals surface area (Å²) in [7, 11) is -3.01. The molecule has 0 spiro atoms. The van der Waals surface area contributed by atoms with Gasteiger partial charge in [0.25, 0.3) is 0 Å². The molecular formula is C25H35NO6S2. The molecule has 1 aliphatic heterocycles. The monoisotopic (exact) mass is 509 g/mol. The van der Waals surface area contributed by atoms with E-state index in [0.29, 0.717) is 24.5 Å². The van der Waals surface area contributed by atoms with E-state index in [1.807, 2.05) is 25.2 Å². The molecule has 7 nitrogen and oxygen atoms in total. The van der Waals surface area contributed by atoms with Crippen LogP contribution < -0.4 is 9.47 Å². The molecule has 2 aromatic rings. The second kappa shape index (κ2) is 10.7. The molecule has 1 fully saturated rings. The molecule has 0 aliphatic carbocycles. The Hall–Kier alpha value is -2.10. The second-order valence-corrected chi connectivity index (χ2v) is 13.9. The van der Waals surface area contributed by atoms with Gasteiger partial charge in [-0.2, -0.15) is 0 Å². The topological polar surface area (TPSA) is 90.0 Å². The van der Waals surface area contributed by atoms with E-state index in [1.54, 1.807) is 12.1 Å². The number of ether oxygens (including phenoxy) is 2. The third-order valence-electron chi connectivity index (χ3n) is 6.80. The van der Waals surface area contributed by atoms with Gasteiger partial charge in [-0.1, -0.05) is 36.4 Å². The van der Waals surface area contributed by atoms with Gasteiger partial charge in [0.05, 0.1) is 25.7 Å². The van der Waals surface area contributed by atoms with E-state index in [-0.39, 0.29) is 36.0 Å².